The van der Waals surface area contributed by atoms with Gasteiger partial charge in [-0.15, -0.1) is 0 Å². The molecule has 0 saturated heterocycles. The number of nitrogens with zero attached hydrogens (tertiary/aromatic N) is 2. The van der Waals surface area contributed by atoms with Gasteiger partial charge in [-0.25, -0.2) is 14.4 Å². The first-order valence-corrected chi connectivity index (χ1v) is 9.42. The van der Waals surface area contributed by atoms with E-state index < -0.39 is 0 Å². The Morgan fingerprint density at radius 1 is 1.10 bits per heavy atom. The summed E-state index contributed by atoms with van der Waals surface area (Å²) >= 11 is 0. The molecule has 2 aromatic carbocycles. The molecule has 6 nitrogen and oxygen atoms in total. The van der Waals surface area contributed by atoms with Crippen LogP contribution in [-0.4, -0.2) is 29.0 Å². The zero-order chi connectivity index (χ0) is 20.6. The number of aryl methyl sites for hydroxylation is 1. The molecular weight excluding hydrogens is 371 g/mol. The van der Waals surface area contributed by atoms with Crippen LogP contribution >= 0.6 is 0 Å². The fourth-order valence-electron chi connectivity index (χ4n) is 2.80. The quantitative estimate of drug-likeness (QED) is 0.598. The van der Waals surface area contributed by atoms with Gasteiger partial charge in [-0.05, 0) is 56.2 Å². The van der Waals surface area contributed by atoms with Gasteiger partial charge in [0, 0.05) is 18.3 Å². The zero-order valence-corrected chi connectivity index (χ0v) is 16.4. The molecule has 0 bridgehead atoms. The van der Waals surface area contributed by atoms with Gasteiger partial charge in [0.15, 0.2) is 0 Å². The molecule has 2 N–H and O–H groups in total. The second-order valence-corrected chi connectivity index (χ2v) is 6.37. The lowest BCUT2D eigenvalue weighted by molar-refractivity contribution is 0.102. The van der Waals surface area contributed by atoms with Crippen LogP contribution < -0.4 is 15.4 Å². The Kier molecular flexibility index (Phi) is 6.73. The van der Waals surface area contributed by atoms with E-state index in [1.807, 2.05) is 6.92 Å². The monoisotopic (exact) mass is 394 g/mol. The first-order chi connectivity index (χ1) is 14.0. The predicted molar refractivity (Wildman–Crippen MR) is 111 cm³/mol. The number of hydrogen-bond acceptors (Lipinski definition) is 5. The van der Waals surface area contributed by atoms with Gasteiger partial charge in [0.2, 0.25) is 0 Å². The molecule has 1 aromatic heterocycles. The fourth-order valence-corrected chi connectivity index (χ4v) is 2.80. The van der Waals surface area contributed by atoms with Crippen LogP contribution in [0.25, 0.3) is 0 Å². The van der Waals surface area contributed by atoms with Gasteiger partial charge in [-0.3, -0.25) is 4.79 Å². The second kappa shape index (κ2) is 9.64. The third-order valence-electron chi connectivity index (χ3n) is 4.15. The lowest BCUT2D eigenvalue weighted by Gasteiger charge is -2.10. The summed E-state index contributed by atoms with van der Waals surface area (Å²) in [4.78, 5) is 21.1. The van der Waals surface area contributed by atoms with E-state index in [0.717, 1.165) is 5.75 Å². The number of rotatable bonds is 8. The number of anilines is 2. The summed E-state index contributed by atoms with van der Waals surface area (Å²) in [5.74, 6) is 1.16. The molecule has 0 aliphatic heterocycles. The van der Waals surface area contributed by atoms with Crippen molar-refractivity contribution in [3.8, 4) is 5.75 Å². The minimum absolute atomic E-state index is 0.233. The molecule has 0 aliphatic rings. The van der Waals surface area contributed by atoms with Crippen LogP contribution in [0.1, 0.15) is 28.8 Å². The fraction of sp³-hybridized carbons (Fsp3) is 0.227. The molecular formula is C22H23FN4O2. The van der Waals surface area contributed by atoms with E-state index in [4.69, 9.17) is 4.74 Å². The van der Waals surface area contributed by atoms with Crippen molar-refractivity contribution in [3.63, 3.8) is 0 Å². The molecule has 0 atom stereocenters. The highest BCUT2D eigenvalue weighted by atomic mass is 19.1. The number of nitrogens with one attached hydrogen (secondary N) is 2. The number of halogens is 1. The Bertz CT molecular complexity index is 977. The summed E-state index contributed by atoms with van der Waals surface area (Å²) in [7, 11) is 0. The highest BCUT2D eigenvalue weighted by Crippen LogP contribution is 2.17. The Morgan fingerprint density at radius 2 is 1.86 bits per heavy atom. The number of benzene rings is 2. The first-order valence-electron chi connectivity index (χ1n) is 9.42. The van der Waals surface area contributed by atoms with Gasteiger partial charge >= 0.3 is 0 Å². The van der Waals surface area contributed by atoms with Crippen LogP contribution in [0.2, 0.25) is 0 Å². The van der Waals surface area contributed by atoms with Crippen LogP contribution in [0.15, 0.2) is 54.6 Å². The van der Waals surface area contributed by atoms with Gasteiger partial charge in [0.1, 0.15) is 28.9 Å². The summed E-state index contributed by atoms with van der Waals surface area (Å²) in [5, 5.41) is 5.94. The van der Waals surface area contributed by atoms with Gasteiger partial charge in [-0.1, -0.05) is 18.2 Å². The number of carbonyl (C=O) groups is 1. The minimum atomic E-state index is -0.336. The number of hydrogen-bond donors (Lipinski definition) is 2. The summed E-state index contributed by atoms with van der Waals surface area (Å²) in [6.07, 6.45) is 0.503. The molecule has 29 heavy (non-hydrogen) atoms. The van der Waals surface area contributed by atoms with Crippen LogP contribution in [0.4, 0.5) is 15.9 Å². The Labute approximate surface area is 169 Å². The SMILES string of the molecule is CCOc1ccc(NC(=O)c2cc(NCCc3ccccc3F)nc(C)n2)cc1. The molecule has 0 saturated carbocycles. The summed E-state index contributed by atoms with van der Waals surface area (Å²) < 4.78 is 19.1. The van der Waals surface area contributed by atoms with Crippen LogP contribution in [-0.2, 0) is 6.42 Å². The van der Waals surface area contributed by atoms with E-state index in [0.29, 0.717) is 42.5 Å². The van der Waals surface area contributed by atoms with E-state index in [1.165, 1.54) is 6.07 Å². The maximum Gasteiger partial charge on any atom is 0.274 e. The summed E-state index contributed by atoms with van der Waals surface area (Å²) in [6.45, 7) is 4.70. The molecule has 0 fully saturated rings. The average molecular weight is 394 g/mol. The van der Waals surface area contributed by atoms with E-state index in [9.17, 15) is 9.18 Å². The third kappa shape index (κ3) is 5.75. The van der Waals surface area contributed by atoms with Crippen LogP contribution in [0.5, 0.6) is 5.75 Å². The molecule has 150 valence electrons. The Balaban J connectivity index is 1.63. The van der Waals surface area contributed by atoms with Gasteiger partial charge in [-0.2, -0.15) is 0 Å². The largest absolute Gasteiger partial charge is 0.494 e. The lowest BCUT2D eigenvalue weighted by atomic mass is 10.1. The molecule has 3 aromatic rings. The lowest BCUT2D eigenvalue weighted by Crippen LogP contribution is -2.16. The van der Waals surface area contributed by atoms with Crippen molar-refractivity contribution in [1.82, 2.24) is 9.97 Å². The average Bonchev–Trinajstić information content (AvgIpc) is 2.71. The number of ether oxygens (including phenoxy) is 1. The van der Waals surface area contributed by atoms with Crippen molar-refractivity contribution >= 4 is 17.4 Å². The topological polar surface area (TPSA) is 76.1 Å². The second-order valence-electron chi connectivity index (χ2n) is 6.37. The van der Waals surface area contributed by atoms with Crippen LogP contribution in [0.3, 0.4) is 0 Å². The molecule has 1 heterocycles. The number of carbonyl (C=O) groups excluding carboxylic acids is 1. The van der Waals surface area contributed by atoms with Crippen molar-refractivity contribution in [3.05, 3.63) is 77.5 Å². The van der Waals surface area contributed by atoms with Crippen molar-refractivity contribution < 1.29 is 13.9 Å². The third-order valence-corrected chi connectivity index (χ3v) is 4.15. The van der Waals surface area contributed by atoms with E-state index in [-0.39, 0.29) is 17.4 Å². The molecule has 0 spiro atoms. The van der Waals surface area contributed by atoms with Gasteiger partial charge < -0.3 is 15.4 Å². The van der Waals surface area contributed by atoms with Crippen molar-refractivity contribution in [1.29, 1.82) is 0 Å². The first kappa shape index (κ1) is 20.3. The highest BCUT2D eigenvalue weighted by Gasteiger charge is 2.11. The molecule has 0 radical (unpaired) electrons. The normalized spacial score (nSPS) is 10.4. The predicted octanol–water partition coefficient (Wildman–Crippen LogP) is 4.23. The number of amides is 1. The highest BCUT2D eigenvalue weighted by molar-refractivity contribution is 6.03. The zero-order valence-electron chi connectivity index (χ0n) is 16.4. The molecule has 0 aliphatic carbocycles. The number of aromatic nitrogens is 2. The standard InChI is InChI=1S/C22H23FN4O2/c1-3-29-18-10-8-17(9-11-18)27-22(28)20-14-21(26-15(2)25-20)24-13-12-16-6-4-5-7-19(16)23/h4-11,14H,3,12-13H2,1-2H3,(H,27,28)(H,24,25,26). The maximum absolute atomic E-state index is 13.7. The molecule has 0 unspecified atom stereocenters. The van der Waals surface area contributed by atoms with Crippen molar-refractivity contribution in [2.75, 3.05) is 23.8 Å². The molecule has 1 amide bonds. The minimum Gasteiger partial charge on any atom is -0.494 e. The molecule has 3 rings (SSSR count). The maximum atomic E-state index is 13.7. The smallest absolute Gasteiger partial charge is 0.274 e. The Morgan fingerprint density at radius 3 is 2.59 bits per heavy atom. The summed E-state index contributed by atoms with van der Waals surface area (Å²) in [5.41, 5.74) is 1.52. The Hall–Kier alpha value is -3.48. The van der Waals surface area contributed by atoms with Crippen molar-refractivity contribution in [2.45, 2.75) is 20.3 Å². The van der Waals surface area contributed by atoms with E-state index in [1.54, 1.807) is 55.5 Å². The van der Waals surface area contributed by atoms with Crippen molar-refractivity contribution in [2.24, 2.45) is 0 Å². The van der Waals surface area contributed by atoms with E-state index >= 15 is 0 Å². The summed E-state index contributed by atoms with van der Waals surface area (Å²) in [6, 6.07) is 15.4. The molecule has 7 heteroatoms. The van der Waals surface area contributed by atoms with Crippen LogP contribution in [0, 0.1) is 12.7 Å². The van der Waals surface area contributed by atoms with Gasteiger partial charge in [0.05, 0.1) is 6.61 Å². The van der Waals surface area contributed by atoms with E-state index in [2.05, 4.69) is 20.6 Å². The van der Waals surface area contributed by atoms with Gasteiger partial charge in [0.25, 0.3) is 5.91 Å².